The summed E-state index contributed by atoms with van der Waals surface area (Å²) in [4.78, 5) is 29.6. The van der Waals surface area contributed by atoms with E-state index in [4.69, 9.17) is 16.3 Å². The number of fused-ring (bicyclic) bond motifs is 1. The van der Waals surface area contributed by atoms with E-state index in [2.05, 4.69) is 20.9 Å². The highest BCUT2D eigenvalue weighted by Crippen LogP contribution is 2.37. The van der Waals surface area contributed by atoms with Crippen molar-refractivity contribution in [3.8, 4) is 0 Å². The Morgan fingerprint density at radius 3 is 2.59 bits per heavy atom. The average Bonchev–Trinajstić information content (AvgIpc) is 3.18. The molecule has 3 aromatic rings. The number of para-hydroxylation sites is 1. The van der Waals surface area contributed by atoms with Crippen LogP contribution in [0.5, 0.6) is 0 Å². The van der Waals surface area contributed by atoms with Crippen molar-refractivity contribution in [2.24, 2.45) is 0 Å². The molecule has 0 spiro atoms. The first-order valence-corrected chi connectivity index (χ1v) is 9.38. The minimum absolute atomic E-state index is 0.117. The molecule has 0 fully saturated rings. The number of hydrogen-bond acceptors (Lipinski definition) is 3. The van der Waals surface area contributed by atoms with Gasteiger partial charge in [0, 0.05) is 17.1 Å². The molecule has 1 aromatic heterocycles. The van der Waals surface area contributed by atoms with Crippen LogP contribution in [0.1, 0.15) is 11.1 Å². The topological polar surface area (TPSA) is 62.4 Å². The number of hydrogen-bond donors (Lipinski definition) is 1. The van der Waals surface area contributed by atoms with Gasteiger partial charge in [0.05, 0.1) is 27.2 Å². The Labute approximate surface area is 168 Å². The Morgan fingerprint density at radius 2 is 1.81 bits per heavy atom. The van der Waals surface area contributed by atoms with Crippen molar-refractivity contribution in [2.45, 2.75) is 6.61 Å². The van der Waals surface area contributed by atoms with Crippen molar-refractivity contribution < 1.29 is 14.3 Å². The van der Waals surface area contributed by atoms with Crippen LogP contribution in [0, 0.1) is 0 Å². The molecule has 27 heavy (non-hydrogen) atoms. The van der Waals surface area contributed by atoms with Crippen LogP contribution in [0.25, 0.3) is 16.5 Å². The van der Waals surface area contributed by atoms with E-state index < -0.39 is 11.8 Å². The van der Waals surface area contributed by atoms with Crippen LogP contribution in [0.15, 0.2) is 59.2 Å². The molecule has 1 aliphatic rings. The lowest BCUT2D eigenvalue weighted by molar-refractivity contribution is -0.143. The number of ether oxygens (including phenoxy) is 1. The third-order valence-electron chi connectivity index (χ3n) is 4.38. The Hall–Kier alpha value is -2.41. The molecule has 2 amide bonds. The van der Waals surface area contributed by atoms with Crippen molar-refractivity contribution in [1.82, 2.24) is 9.88 Å². The van der Waals surface area contributed by atoms with E-state index in [1.54, 1.807) is 18.3 Å². The monoisotopic (exact) mass is 444 g/mol. The van der Waals surface area contributed by atoms with Crippen LogP contribution in [0.3, 0.4) is 0 Å². The second kappa shape index (κ2) is 7.31. The van der Waals surface area contributed by atoms with Crippen molar-refractivity contribution in [3.63, 3.8) is 0 Å². The molecule has 2 aromatic carbocycles. The number of benzene rings is 2. The van der Waals surface area contributed by atoms with E-state index >= 15 is 0 Å². The summed E-state index contributed by atoms with van der Waals surface area (Å²) in [5.41, 5.74) is 2.62. The fourth-order valence-electron chi connectivity index (χ4n) is 3.05. The summed E-state index contributed by atoms with van der Waals surface area (Å²) in [7, 11) is 0. The third-order valence-corrected chi connectivity index (χ3v) is 5.43. The smallest absolute Gasteiger partial charge is 0.270 e. The third kappa shape index (κ3) is 3.20. The van der Waals surface area contributed by atoms with Gasteiger partial charge in [0.25, 0.3) is 11.8 Å². The van der Waals surface area contributed by atoms with E-state index in [0.29, 0.717) is 22.8 Å². The minimum atomic E-state index is -0.417. The van der Waals surface area contributed by atoms with Crippen LogP contribution in [0.4, 0.5) is 0 Å². The van der Waals surface area contributed by atoms with E-state index in [-0.39, 0.29) is 11.2 Å². The summed E-state index contributed by atoms with van der Waals surface area (Å²) in [6, 6.07) is 15.0. The fraction of sp³-hybridized carbons (Fsp3) is 0.100. The highest BCUT2D eigenvalue weighted by Gasteiger charge is 2.38. The van der Waals surface area contributed by atoms with E-state index in [0.717, 1.165) is 21.4 Å². The number of imide groups is 1. The van der Waals surface area contributed by atoms with Gasteiger partial charge < -0.3 is 9.72 Å². The predicted octanol–water partition coefficient (Wildman–Crippen LogP) is 4.47. The van der Waals surface area contributed by atoms with Crippen molar-refractivity contribution >= 4 is 55.8 Å². The molecule has 2 heterocycles. The number of halogens is 2. The number of amides is 2. The molecule has 0 bridgehead atoms. The number of nitrogens with zero attached hydrogens (tertiary/aromatic N) is 1. The zero-order valence-electron chi connectivity index (χ0n) is 14.0. The van der Waals surface area contributed by atoms with E-state index in [1.807, 2.05) is 36.4 Å². The quantitative estimate of drug-likeness (QED) is 0.589. The predicted molar refractivity (Wildman–Crippen MR) is 107 cm³/mol. The molecule has 0 radical (unpaired) electrons. The fourth-order valence-corrected chi connectivity index (χ4v) is 3.88. The van der Waals surface area contributed by atoms with Crippen LogP contribution >= 0.6 is 27.5 Å². The van der Waals surface area contributed by atoms with E-state index in [9.17, 15) is 9.59 Å². The van der Waals surface area contributed by atoms with Crippen LogP contribution in [0.2, 0.25) is 5.02 Å². The summed E-state index contributed by atoms with van der Waals surface area (Å²) in [6.07, 6.45) is 1.69. The summed E-state index contributed by atoms with van der Waals surface area (Å²) < 4.78 is 5.79. The standard InChI is InChI=1S/C20H14BrClN2O3/c21-17-16(14-9-23-18-13(14)7-4-8-15(18)22)19(25)24(20(17)26)11-27-10-12-5-2-1-3-6-12/h1-9,23H,10-11H2. The van der Waals surface area contributed by atoms with Crippen molar-refractivity contribution in [2.75, 3.05) is 6.73 Å². The molecule has 7 heteroatoms. The lowest BCUT2D eigenvalue weighted by Gasteiger charge is -2.15. The molecule has 0 saturated carbocycles. The maximum absolute atomic E-state index is 12.9. The number of H-pyrrole nitrogens is 1. The lowest BCUT2D eigenvalue weighted by Crippen LogP contribution is -2.33. The summed E-state index contributed by atoms with van der Waals surface area (Å²) >= 11 is 9.47. The maximum atomic E-state index is 12.9. The number of aromatic amines is 1. The van der Waals surface area contributed by atoms with Gasteiger partial charge in [-0.25, -0.2) is 4.90 Å². The van der Waals surface area contributed by atoms with Gasteiger partial charge >= 0.3 is 0 Å². The highest BCUT2D eigenvalue weighted by molar-refractivity contribution is 9.12. The second-order valence-electron chi connectivity index (χ2n) is 6.06. The van der Waals surface area contributed by atoms with Gasteiger partial charge in [0.15, 0.2) is 0 Å². The van der Waals surface area contributed by atoms with Gasteiger partial charge in [0.2, 0.25) is 0 Å². The van der Waals surface area contributed by atoms with Crippen LogP contribution < -0.4 is 0 Å². The molecule has 1 aliphatic heterocycles. The summed E-state index contributed by atoms with van der Waals surface area (Å²) in [5.74, 6) is -0.819. The van der Waals surface area contributed by atoms with Gasteiger partial charge in [-0.3, -0.25) is 9.59 Å². The minimum Gasteiger partial charge on any atom is -0.359 e. The molecule has 0 atom stereocenters. The van der Waals surface area contributed by atoms with E-state index in [1.165, 1.54) is 0 Å². The van der Waals surface area contributed by atoms with Gasteiger partial charge in [-0.05, 0) is 27.6 Å². The Kier molecular flexibility index (Phi) is 4.86. The first-order chi connectivity index (χ1) is 13.1. The average molecular weight is 446 g/mol. The molecular weight excluding hydrogens is 432 g/mol. The summed E-state index contributed by atoms with van der Waals surface area (Å²) in [6.45, 7) is 0.196. The number of aromatic nitrogens is 1. The van der Waals surface area contributed by atoms with Crippen molar-refractivity contribution in [3.05, 3.63) is 75.4 Å². The number of carbonyl (C=O) groups excluding carboxylic acids is 2. The molecule has 136 valence electrons. The zero-order chi connectivity index (χ0) is 19.0. The number of nitrogens with one attached hydrogen (secondary N) is 1. The normalized spacial score (nSPS) is 14.7. The molecule has 0 unspecified atom stereocenters. The summed E-state index contributed by atoms with van der Waals surface area (Å²) in [5, 5.41) is 1.33. The number of rotatable bonds is 5. The molecule has 4 rings (SSSR count). The zero-order valence-corrected chi connectivity index (χ0v) is 16.4. The molecule has 1 N–H and O–H groups in total. The van der Waals surface area contributed by atoms with Crippen LogP contribution in [-0.2, 0) is 20.9 Å². The van der Waals surface area contributed by atoms with Gasteiger partial charge in [-0.1, -0.05) is 54.1 Å². The maximum Gasteiger partial charge on any atom is 0.270 e. The molecular formula is C20H14BrClN2O3. The van der Waals surface area contributed by atoms with Gasteiger partial charge in [-0.2, -0.15) is 0 Å². The Morgan fingerprint density at radius 1 is 1.04 bits per heavy atom. The molecule has 0 saturated heterocycles. The first kappa shape index (κ1) is 18.0. The Balaban J connectivity index is 1.57. The molecule has 0 aliphatic carbocycles. The van der Waals surface area contributed by atoms with Crippen LogP contribution in [-0.4, -0.2) is 28.4 Å². The second-order valence-corrected chi connectivity index (χ2v) is 7.26. The lowest BCUT2D eigenvalue weighted by atomic mass is 10.1. The SMILES string of the molecule is O=C1C(Br)=C(c2c[nH]c3c(Cl)cccc23)C(=O)N1COCc1ccccc1. The largest absolute Gasteiger partial charge is 0.359 e. The number of carbonyl (C=O) groups is 2. The van der Waals surface area contributed by atoms with Gasteiger partial charge in [-0.15, -0.1) is 0 Å². The Bertz CT molecular complexity index is 1080. The highest BCUT2D eigenvalue weighted by atomic mass is 79.9. The van der Waals surface area contributed by atoms with Gasteiger partial charge in [0.1, 0.15) is 6.73 Å². The van der Waals surface area contributed by atoms with Crippen molar-refractivity contribution in [1.29, 1.82) is 0 Å². The molecule has 5 nitrogen and oxygen atoms in total. The first-order valence-electron chi connectivity index (χ1n) is 8.21.